The Morgan fingerprint density at radius 2 is 2.03 bits per heavy atom. The molecule has 0 aromatic carbocycles. The number of hydrogen-bond acceptors (Lipinski definition) is 6. The summed E-state index contributed by atoms with van der Waals surface area (Å²) in [6.07, 6.45) is -2.59. The fourth-order valence-corrected chi connectivity index (χ4v) is 3.25. The van der Waals surface area contributed by atoms with Crippen molar-refractivity contribution in [1.82, 2.24) is 29.8 Å². The fourth-order valence-electron chi connectivity index (χ4n) is 3.25. The monoisotopic (exact) mass is 424 g/mol. The fraction of sp³-hybridized carbons (Fsp3) is 0.474. The number of aryl methyl sites for hydroxylation is 2. The summed E-state index contributed by atoms with van der Waals surface area (Å²) in [5.41, 5.74) is 1.68. The van der Waals surface area contributed by atoms with Gasteiger partial charge in [0.1, 0.15) is 5.76 Å². The maximum atomic E-state index is 12.9. The molecule has 0 aliphatic rings. The van der Waals surface area contributed by atoms with Crippen LogP contribution in [0.5, 0.6) is 0 Å². The summed E-state index contributed by atoms with van der Waals surface area (Å²) in [5.74, 6) is -0.784. The Bertz CT molecular complexity index is 1030. The molecule has 0 aliphatic carbocycles. The molecule has 1 atom stereocenters. The van der Waals surface area contributed by atoms with Gasteiger partial charge in [-0.3, -0.25) is 9.69 Å². The summed E-state index contributed by atoms with van der Waals surface area (Å²) in [5, 5.41) is 6.40. The van der Waals surface area contributed by atoms with Crippen molar-refractivity contribution in [1.29, 1.82) is 0 Å². The lowest BCUT2D eigenvalue weighted by Gasteiger charge is -2.22. The van der Waals surface area contributed by atoms with E-state index in [1.165, 1.54) is 0 Å². The van der Waals surface area contributed by atoms with Crippen LogP contribution in [0.2, 0.25) is 0 Å². The van der Waals surface area contributed by atoms with E-state index < -0.39 is 12.0 Å². The summed E-state index contributed by atoms with van der Waals surface area (Å²) < 4.78 is 45.2. The van der Waals surface area contributed by atoms with E-state index in [1.54, 1.807) is 26.2 Å². The van der Waals surface area contributed by atoms with Crippen LogP contribution in [-0.2, 0) is 17.4 Å². The number of likely N-dealkylation sites (N-methyl/N-ethyl adjacent to an activating group) is 1. The van der Waals surface area contributed by atoms with E-state index in [4.69, 9.17) is 4.42 Å². The molecule has 30 heavy (non-hydrogen) atoms. The number of nitrogens with zero attached hydrogens (tertiary/aromatic N) is 5. The Morgan fingerprint density at radius 1 is 1.30 bits per heavy atom. The number of amides is 1. The first-order chi connectivity index (χ1) is 14.1. The van der Waals surface area contributed by atoms with Crippen molar-refractivity contribution in [3.05, 3.63) is 46.9 Å². The number of carbonyl (C=O) groups is 1. The molecule has 0 bridgehead atoms. The van der Waals surface area contributed by atoms with Gasteiger partial charge < -0.3 is 9.73 Å². The van der Waals surface area contributed by atoms with Crippen molar-refractivity contribution in [3.63, 3.8) is 0 Å². The molecule has 1 unspecified atom stereocenters. The first-order valence-electron chi connectivity index (χ1n) is 9.34. The van der Waals surface area contributed by atoms with Crippen LogP contribution in [0.15, 0.2) is 22.8 Å². The van der Waals surface area contributed by atoms with E-state index >= 15 is 0 Å². The van der Waals surface area contributed by atoms with E-state index in [0.717, 1.165) is 10.3 Å². The Labute approximate surface area is 171 Å². The number of halogens is 3. The molecule has 0 fully saturated rings. The van der Waals surface area contributed by atoms with E-state index in [1.807, 2.05) is 25.1 Å². The summed E-state index contributed by atoms with van der Waals surface area (Å²) >= 11 is 0. The number of nitrogens with one attached hydrogen (secondary N) is 1. The Kier molecular flexibility index (Phi) is 6.11. The lowest BCUT2D eigenvalue weighted by atomic mass is 10.1. The third kappa shape index (κ3) is 4.61. The number of furan rings is 1. The van der Waals surface area contributed by atoms with Crippen LogP contribution in [0.4, 0.5) is 13.2 Å². The lowest BCUT2D eigenvalue weighted by Crippen LogP contribution is -2.34. The second-order valence-corrected chi connectivity index (χ2v) is 7.21. The summed E-state index contributed by atoms with van der Waals surface area (Å²) in [4.78, 5) is 21.9. The van der Waals surface area contributed by atoms with Gasteiger partial charge in [0.25, 0.3) is 11.6 Å². The first-order valence-corrected chi connectivity index (χ1v) is 9.34. The maximum absolute atomic E-state index is 12.9. The Balaban J connectivity index is 1.68. The minimum absolute atomic E-state index is 0.110. The normalized spacial score (nSPS) is 13.2. The molecule has 0 aliphatic heterocycles. The highest BCUT2D eigenvalue weighted by Gasteiger charge is 2.37. The smallest absolute Gasteiger partial charge is 0.453 e. The molecule has 0 saturated heterocycles. The first kappa shape index (κ1) is 21.8. The molecule has 3 heterocycles. The second kappa shape index (κ2) is 8.42. The van der Waals surface area contributed by atoms with Gasteiger partial charge in [0.2, 0.25) is 5.91 Å². The van der Waals surface area contributed by atoms with E-state index in [2.05, 4.69) is 20.4 Å². The maximum Gasteiger partial charge on any atom is 0.453 e. The largest absolute Gasteiger partial charge is 0.468 e. The van der Waals surface area contributed by atoms with Crippen molar-refractivity contribution in [2.45, 2.75) is 38.9 Å². The molecule has 1 amide bonds. The van der Waals surface area contributed by atoms with Crippen LogP contribution in [0.1, 0.15) is 41.0 Å². The topological polar surface area (TPSA) is 88.6 Å². The summed E-state index contributed by atoms with van der Waals surface area (Å²) in [6, 6.07) is 3.52. The standard InChI is InChI=1S/C19H23F3N6O2/c1-11-13(12(2)28-18(24-11)25-17(26-28)19(20,21)22)7-8-16(29)23-10-14(27(3)4)15-6-5-9-30-15/h5-6,9,14H,7-8,10H2,1-4H3,(H,23,29). The molecule has 3 rings (SSSR count). The second-order valence-electron chi connectivity index (χ2n) is 7.21. The zero-order valence-corrected chi connectivity index (χ0v) is 17.1. The van der Waals surface area contributed by atoms with E-state index in [9.17, 15) is 18.0 Å². The number of hydrogen-bond donors (Lipinski definition) is 1. The highest BCUT2D eigenvalue weighted by Crippen LogP contribution is 2.27. The van der Waals surface area contributed by atoms with Crippen molar-refractivity contribution >= 4 is 11.7 Å². The number of alkyl halides is 3. The zero-order valence-electron chi connectivity index (χ0n) is 17.1. The third-order valence-electron chi connectivity index (χ3n) is 4.89. The minimum Gasteiger partial charge on any atom is -0.468 e. The molecule has 1 N–H and O–H groups in total. The summed E-state index contributed by atoms with van der Waals surface area (Å²) in [6.45, 7) is 3.69. The molecule has 0 spiro atoms. The Hall–Kier alpha value is -2.95. The van der Waals surface area contributed by atoms with Crippen molar-refractivity contribution < 1.29 is 22.4 Å². The lowest BCUT2D eigenvalue weighted by molar-refractivity contribution is -0.144. The van der Waals surface area contributed by atoms with Crippen molar-refractivity contribution in [2.24, 2.45) is 0 Å². The average molecular weight is 424 g/mol. The predicted octanol–water partition coefficient (Wildman–Crippen LogP) is 2.70. The highest BCUT2D eigenvalue weighted by atomic mass is 19.4. The quantitative estimate of drug-likeness (QED) is 0.628. The minimum atomic E-state index is -4.65. The molecule has 3 aromatic rings. The molecule has 3 aromatic heterocycles. The average Bonchev–Trinajstić information content (AvgIpc) is 3.31. The van der Waals surface area contributed by atoms with Gasteiger partial charge in [0, 0.05) is 24.4 Å². The molecule has 0 radical (unpaired) electrons. The number of fused-ring (bicyclic) bond motifs is 1. The molecule has 11 heteroatoms. The van der Waals surface area contributed by atoms with Gasteiger partial charge in [0.15, 0.2) is 0 Å². The zero-order chi connectivity index (χ0) is 22.1. The van der Waals surface area contributed by atoms with E-state index in [0.29, 0.717) is 29.9 Å². The van der Waals surface area contributed by atoms with Crippen LogP contribution in [0.25, 0.3) is 5.78 Å². The van der Waals surface area contributed by atoms with Crippen molar-refractivity contribution in [2.75, 3.05) is 20.6 Å². The van der Waals surface area contributed by atoms with Crippen LogP contribution < -0.4 is 5.32 Å². The van der Waals surface area contributed by atoms with Crippen molar-refractivity contribution in [3.8, 4) is 0 Å². The van der Waals surface area contributed by atoms with Gasteiger partial charge in [-0.25, -0.2) is 9.50 Å². The molecular weight excluding hydrogens is 401 g/mol. The SMILES string of the molecule is Cc1nc2nc(C(F)(F)F)nn2c(C)c1CCC(=O)NCC(c1ccco1)N(C)C. The van der Waals surface area contributed by atoms with Crippen LogP contribution in [0, 0.1) is 13.8 Å². The van der Waals surface area contributed by atoms with Gasteiger partial charge in [-0.15, -0.1) is 5.10 Å². The molecule has 162 valence electrons. The number of aromatic nitrogens is 4. The van der Waals surface area contributed by atoms with Crippen LogP contribution in [-0.4, -0.2) is 51.0 Å². The molecular formula is C19H23F3N6O2. The van der Waals surface area contributed by atoms with Gasteiger partial charge in [0.05, 0.1) is 12.3 Å². The number of rotatable bonds is 7. The third-order valence-corrected chi connectivity index (χ3v) is 4.89. The number of carbonyl (C=O) groups excluding carboxylic acids is 1. The van der Waals surface area contributed by atoms with E-state index in [-0.39, 0.29) is 24.1 Å². The molecule has 8 nitrogen and oxygen atoms in total. The van der Waals surface area contributed by atoms with Gasteiger partial charge >= 0.3 is 6.18 Å². The van der Waals surface area contributed by atoms with Gasteiger partial charge in [-0.05, 0) is 52.1 Å². The summed E-state index contributed by atoms with van der Waals surface area (Å²) in [7, 11) is 3.78. The van der Waals surface area contributed by atoms with Crippen LogP contribution in [0.3, 0.4) is 0 Å². The highest BCUT2D eigenvalue weighted by molar-refractivity contribution is 5.76. The Morgan fingerprint density at radius 3 is 2.63 bits per heavy atom. The molecule has 0 saturated carbocycles. The van der Waals surface area contributed by atoms with Crippen LogP contribution >= 0.6 is 0 Å². The van der Waals surface area contributed by atoms with Gasteiger partial charge in [-0.2, -0.15) is 18.2 Å². The predicted molar refractivity (Wildman–Crippen MR) is 102 cm³/mol. The van der Waals surface area contributed by atoms with Gasteiger partial charge in [-0.1, -0.05) is 0 Å².